The summed E-state index contributed by atoms with van der Waals surface area (Å²) in [7, 11) is 0. The number of nitrogens with zero attached hydrogens (tertiary/aromatic N) is 1. The molecule has 0 aromatic rings. The Balaban J connectivity index is 1.43. The molecular weight excluding hydrogens is 556 g/mol. The fraction of sp³-hybridized carbons (Fsp3) is 0.677. The number of rotatable bonds is 12. The van der Waals surface area contributed by atoms with Gasteiger partial charge in [0.1, 0.15) is 17.7 Å². The Morgan fingerprint density at radius 3 is 2.28 bits per heavy atom. The zero-order chi connectivity index (χ0) is 31.9. The number of hydrogen-bond acceptors (Lipinski definition) is 8. The molecule has 238 valence electrons. The van der Waals surface area contributed by atoms with E-state index in [1.54, 1.807) is 41.5 Å². The highest BCUT2D eigenvalue weighted by Gasteiger charge is 2.38. The van der Waals surface area contributed by atoms with Gasteiger partial charge in [0.05, 0.1) is 6.61 Å². The molecule has 3 rings (SSSR count). The number of carbonyl (C=O) groups is 6. The van der Waals surface area contributed by atoms with E-state index in [0.717, 1.165) is 12.8 Å². The van der Waals surface area contributed by atoms with Crippen molar-refractivity contribution in [2.45, 2.75) is 117 Å². The topological polar surface area (TPSA) is 160 Å². The molecule has 0 spiro atoms. The van der Waals surface area contributed by atoms with Crippen LogP contribution >= 0.6 is 0 Å². The third kappa shape index (κ3) is 9.65. The van der Waals surface area contributed by atoms with Crippen LogP contribution in [0.1, 0.15) is 92.9 Å². The molecule has 1 unspecified atom stereocenters. The summed E-state index contributed by atoms with van der Waals surface area (Å²) in [6, 6.07) is -1.43. The maximum absolute atomic E-state index is 13.2. The first-order valence-electron chi connectivity index (χ1n) is 15.2. The Morgan fingerprint density at radius 1 is 0.953 bits per heavy atom. The Hall–Kier alpha value is -3.70. The monoisotopic (exact) mass is 602 g/mol. The Kier molecular flexibility index (Phi) is 11.5. The summed E-state index contributed by atoms with van der Waals surface area (Å²) < 4.78 is 10.7. The number of alkyl carbamates (subject to hydrolysis) is 1. The van der Waals surface area contributed by atoms with Gasteiger partial charge in [0.2, 0.25) is 11.8 Å². The van der Waals surface area contributed by atoms with Gasteiger partial charge in [-0.2, -0.15) is 0 Å². The van der Waals surface area contributed by atoms with Crippen LogP contribution in [0.4, 0.5) is 9.59 Å². The van der Waals surface area contributed by atoms with Gasteiger partial charge >= 0.3 is 12.2 Å². The van der Waals surface area contributed by atoms with E-state index in [1.165, 1.54) is 4.90 Å². The highest BCUT2D eigenvalue weighted by Crippen LogP contribution is 2.27. The second kappa shape index (κ2) is 14.7. The summed E-state index contributed by atoms with van der Waals surface area (Å²) in [4.78, 5) is 77.1. The van der Waals surface area contributed by atoms with Gasteiger partial charge in [-0.1, -0.05) is 0 Å². The third-order valence-electron chi connectivity index (χ3n) is 7.79. The van der Waals surface area contributed by atoms with Crippen molar-refractivity contribution in [2.24, 2.45) is 0 Å². The van der Waals surface area contributed by atoms with Gasteiger partial charge in [-0.15, -0.1) is 0 Å². The quantitative estimate of drug-likeness (QED) is 0.227. The van der Waals surface area contributed by atoms with E-state index >= 15 is 0 Å². The lowest BCUT2D eigenvalue weighted by molar-refractivity contribution is -0.131. The molecule has 12 nitrogen and oxygen atoms in total. The molecule has 1 saturated carbocycles. The van der Waals surface area contributed by atoms with Crippen LogP contribution in [0.2, 0.25) is 0 Å². The van der Waals surface area contributed by atoms with E-state index in [1.807, 2.05) is 0 Å². The molecule has 0 aromatic heterocycles. The van der Waals surface area contributed by atoms with Crippen LogP contribution in [0.15, 0.2) is 22.3 Å². The molecule has 1 aliphatic heterocycles. The maximum Gasteiger partial charge on any atom is 0.410 e. The number of ether oxygens (including phenoxy) is 2. The van der Waals surface area contributed by atoms with E-state index in [0.29, 0.717) is 60.9 Å². The standard InChI is InChI=1S/C31H46N4O8/c1-18-19(2)26(37)22(20(3)25(18)36)10-9-17-42-29(40)32-15-7-11-23(27(38)33-21-13-14-21)34-28(39)24-12-8-16-35(24)30(41)43-31(4,5)6/h21,23-24H,7-17H2,1-6H3,(H,32,40)(H,33,38)(H,34,39)/t23?,24-/m0/s1. The van der Waals surface area contributed by atoms with E-state index in [-0.39, 0.29) is 43.1 Å². The lowest BCUT2D eigenvalue weighted by Gasteiger charge is -2.29. The first kappa shape index (κ1) is 33.8. The average Bonchev–Trinajstić information content (AvgIpc) is 3.60. The fourth-order valence-electron chi connectivity index (χ4n) is 5.06. The number of ketones is 2. The number of Topliss-reactive ketones (excluding diaryl/α,β-unsaturated/α-hetero) is 2. The zero-order valence-electron chi connectivity index (χ0n) is 26.2. The molecule has 43 heavy (non-hydrogen) atoms. The van der Waals surface area contributed by atoms with Gasteiger partial charge in [0.15, 0.2) is 11.6 Å². The van der Waals surface area contributed by atoms with Crippen molar-refractivity contribution in [3.63, 3.8) is 0 Å². The summed E-state index contributed by atoms with van der Waals surface area (Å²) >= 11 is 0. The highest BCUT2D eigenvalue weighted by molar-refractivity contribution is 6.24. The molecule has 1 heterocycles. The predicted molar refractivity (Wildman–Crippen MR) is 158 cm³/mol. The van der Waals surface area contributed by atoms with Gasteiger partial charge in [0.25, 0.3) is 0 Å². The van der Waals surface area contributed by atoms with Crippen LogP contribution in [0.25, 0.3) is 0 Å². The molecule has 3 aliphatic rings. The second-order valence-corrected chi connectivity index (χ2v) is 12.5. The molecule has 2 atom stereocenters. The van der Waals surface area contributed by atoms with Crippen LogP contribution in [-0.2, 0) is 28.7 Å². The van der Waals surface area contributed by atoms with Gasteiger partial charge in [0, 0.05) is 41.4 Å². The van der Waals surface area contributed by atoms with E-state index in [4.69, 9.17) is 9.47 Å². The van der Waals surface area contributed by atoms with Crippen LogP contribution in [0.5, 0.6) is 0 Å². The molecule has 12 heteroatoms. The Bertz CT molecular complexity index is 1190. The molecule has 3 N–H and O–H groups in total. The van der Waals surface area contributed by atoms with Crippen molar-refractivity contribution in [1.82, 2.24) is 20.9 Å². The third-order valence-corrected chi connectivity index (χ3v) is 7.79. The van der Waals surface area contributed by atoms with E-state index in [9.17, 15) is 28.8 Å². The van der Waals surface area contributed by atoms with Crippen LogP contribution in [0.3, 0.4) is 0 Å². The van der Waals surface area contributed by atoms with E-state index in [2.05, 4.69) is 16.0 Å². The largest absolute Gasteiger partial charge is 0.450 e. The lowest BCUT2D eigenvalue weighted by atomic mass is 9.84. The van der Waals surface area contributed by atoms with E-state index < -0.39 is 35.8 Å². The number of allylic oxidation sites excluding steroid dienone is 4. The maximum atomic E-state index is 13.2. The van der Waals surface area contributed by atoms with Crippen LogP contribution < -0.4 is 16.0 Å². The zero-order valence-corrected chi connectivity index (χ0v) is 26.2. The van der Waals surface area contributed by atoms with Crippen molar-refractivity contribution < 1.29 is 38.2 Å². The van der Waals surface area contributed by atoms with Crippen molar-refractivity contribution in [3.05, 3.63) is 22.3 Å². The predicted octanol–water partition coefficient (Wildman–Crippen LogP) is 3.24. The summed E-state index contributed by atoms with van der Waals surface area (Å²) in [5.74, 6) is -0.969. The molecule has 0 aromatic carbocycles. The summed E-state index contributed by atoms with van der Waals surface area (Å²) in [5, 5.41) is 8.37. The van der Waals surface area contributed by atoms with Gasteiger partial charge in [-0.25, -0.2) is 9.59 Å². The minimum Gasteiger partial charge on any atom is -0.450 e. The molecular formula is C31H46N4O8. The smallest absolute Gasteiger partial charge is 0.410 e. The summed E-state index contributed by atoms with van der Waals surface area (Å²) in [5.41, 5.74) is 1.13. The van der Waals surface area contributed by atoms with Crippen LogP contribution in [0, 0.1) is 0 Å². The SMILES string of the molecule is CC1=C(C)C(=O)C(CCCOC(=O)NCCCC(NC(=O)[C@@H]2CCCN2C(=O)OC(C)(C)C)C(=O)NC2CC2)=C(C)C1=O. The highest BCUT2D eigenvalue weighted by atomic mass is 16.6. The van der Waals surface area contributed by atoms with Gasteiger partial charge in [-0.3, -0.25) is 24.1 Å². The number of nitrogens with one attached hydrogen (secondary N) is 3. The number of likely N-dealkylation sites (tertiary alicyclic amines) is 1. The lowest BCUT2D eigenvalue weighted by Crippen LogP contribution is -2.54. The number of amides is 4. The molecule has 0 radical (unpaired) electrons. The Labute approximate surface area is 253 Å². The molecule has 1 saturated heterocycles. The molecule has 2 fully saturated rings. The number of carbonyl (C=O) groups excluding carboxylic acids is 6. The first-order chi connectivity index (χ1) is 20.2. The Morgan fingerprint density at radius 2 is 1.63 bits per heavy atom. The normalized spacial score (nSPS) is 19.8. The van der Waals surface area contributed by atoms with Crippen LogP contribution in [-0.4, -0.2) is 83.9 Å². The van der Waals surface area contributed by atoms with Gasteiger partial charge in [-0.05, 0) is 92.9 Å². The molecule has 2 aliphatic carbocycles. The first-order valence-corrected chi connectivity index (χ1v) is 15.2. The number of hydrogen-bond donors (Lipinski definition) is 3. The average molecular weight is 603 g/mol. The minimum absolute atomic E-state index is 0.0733. The fourth-order valence-corrected chi connectivity index (χ4v) is 5.06. The minimum atomic E-state index is -0.819. The van der Waals surface area contributed by atoms with Crippen molar-refractivity contribution in [3.8, 4) is 0 Å². The molecule has 0 bridgehead atoms. The summed E-state index contributed by atoms with van der Waals surface area (Å²) in [6.07, 6.45) is 3.13. The van der Waals surface area contributed by atoms with Crippen molar-refractivity contribution in [1.29, 1.82) is 0 Å². The van der Waals surface area contributed by atoms with Crippen molar-refractivity contribution >= 4 is 35.6 Å². The van der Waals surface area contributed by atoms with Crippen molar-refractivity contribution in [2.75, 3.05) is 19.7 Å². The molecule has 4 amide bonds. The second-order valence-electron chi connectivity index (χ2n) is 12.5. The summed E-state index contributed by atoms with van der Waals surface area (Å²) in [6.45, 7) is 10.9. The van der Waals surface area contributed by atoms with Gasteiger partial charge < -0.3 is 25.4 Å².